The Labute approximate surface area is 237 Å². The van der Waals surface area contributed by atoms with E-state index in [9.17, 15) is 9.18 Å². The van der Waals surface area contributed by atoms with Crippen LogP contribution in [0.25, 0.3) is 55.3 Å². The van der Waals surface area contributed by atoms with Crippen molar-refractivity contribution in [1.29, 1.82) is 0 Å². The highest BCUT2D eigenvalue weighted by Gasteiger charge is 2.24. The second-order valence-corrected chi connectivity index (χ2v) is 10.0. The highest BCUT2D eigenvalue weighted by molar-refractivity contribution is 6.13. The van der Waals surface area contributed by atoms with Gasteiger partial charge in [0.25, 0.3) is 5.91 Å². The molecule has 1 N–H and O–H groups in total. The van der Waals surface area contributed by atoms with E-state index in [0.717, 1.165) is 44.5 Å². The molecule has 0 aliphatic carbocycles. The van der Waals surface area contributed by atoms with Crippen LogP contribution in [-0.2, 0) is 0 Å². The first-order valence-corrected chi connectivity index (χ1v) is 13.2. The third-order valence-electron chi connectivity index (χ3n) is 7.31. The second kappa shape index (κ2) is 10.4. The van der Waals surface area contributed by atoms with Gasteiger partial charge in [0.1, 0.15) is 22.9 Å². The van der Waals surface area contributed by atoms with Crippen LogP contribution in [0.3, 0.4) is 0 Å². The number of rotatable bonds is 6. The molecular weight excluding hydrogens is 517 g/mol. The first-order valence-electron chi connectivity index (χ1n) is 13.2. The second-order valence-electron chi connectivity index (χ2n) is 10.0. The van der Waals surface area contributed by atoms with Crippen LogP contribution < -0.4 is 15.0 Å². The number of ether oxygens (including phenoxy) is 1. The normalized spacial score (nSPS) is 11.1. The standard InChI is InChI=1S/C34H28FN3O3/c1-36-34(39)32-28-17-26(29(38(2)3)18-31(28)41-33(32)21-7-10-25(35)11-8-21)23-9-12-30(40-4)27(16-23)22-6-5-20-13-14-37-19-24(20)15-22/h5-19H,1-4H3,(H,36,39). The monoisotopic (exact) mass is 545 g/mol. The number of pyridine rings is 1. The minimum Gasteiger partial charge on any atom is -0.496 e. The van der Waals surface area contributed by atoms with Gasteiger partial charge < -0.3 is 19.4 Å². The third-order valence-corrected chi connectivity index (χ3v) is 7.31. The SMILES string of the molecule is CNC(=O)c1c(-c2ccc(F)cc2)oc2cc(N(C)C)c(-c3ccc(OC)c(-c4ccc5ccncc5c4)c3)cc12. The lowest BCUT2D eigenvalue weighted by Gasteiger charge is -2.19. The Morgan fingerprint density at radius 3 is 2.34 bits per heavy atom. The van der Waals surface area contributed by atoms with Crippen molar-refractivity contribution in [2.75, 3.05) is 33.2 Å². The molecule has 6 aromatic rings. The van der Waals surface area contributed by atoms with Gasteiger partial charge in [-0.05, 0) is 71.1 Å². The number of amides is 1. The minimum atomic E-state index is -0.360. The highest BCUT2D eigenvalue weighted by atomic mass is 19.1. The Balaban J connectivity index is 1.58. The number of anilines is 1. The van der Waals surface area contributed by atoms with Crippen molar-refractivity contribution in [2.24, 2.45) is 0 Å². The highest BCUT2D eigenvalue weighted by Crippen LogP contribution is 2.43. The number of furan rings is 1. The van der Waals surface area contributed by atoms with Crippen molar-refractivity contribution < 1.29 is 18.3 Å². The molecule has 0 aliphatic heterocycles. The summed E-state index contributed by atoms with van der Waals surface area (Å²) in [5.41, 5.74) is 6.31. The van der Waals surface area contributed by atoms with Gasteiger partial charge in [-0.2, -0.15) is 0 Å². The topological polar surface area (TPSA) is 67.6 Å². The molecule has 4 aromatic carbocycles. The lowest BCUT2D eigenvalue weighted by Crippen LogP contribution is -2.18. The van der Waals surface area contributed by atoms with Crippen LogP contribution >= 0.6 is 0 Å². The van der Waals surface area contributed by atoms with Crippen LogP contribution in [-0.4, -0.2) is 39.1 Å². The Hall–Kier alpha value is -5.17. The smallest absolute Gasteiger partial charge is 0.255 e. The summed E-state index contributed by atoms with van der Waals surface area (Å²) >= 11 is 0. The predicted octanol–water partition coefficient (Wildman–Crippen LogP) is 7.56. The van der Waals surface area contributed by atoms with Crippen LogP contribution in [0, 0.1) is 5.82 Å². The Bertz CT molecular complexity index is 1930. The fourth-order valence-corrected chi connectivity index (χ4v) is 5.24. The molecule has 2 heterocycles. The molecule has 0 unspecified atom stereocenters. The van der Waals surface area contributed by atoms with Crippen LogP contribution in [0.15, 0.2) is 95.7 Å². The number of benzene rings is 4. The van der Waals surface area contributed by atoms with Gasteiger partial charge in [0.2, 0.25) is 0 Å². The number of nitrogens with zero attached hydrogens (tertiary/aromatic N) is 2. The molecule has 41 heavy (non-hydrogen) atoms. The fraction of sp³-hybridized carbons (Fsp3) is 0.118. The molecule has 0 saturated carbocycles. The predicted molar refractivity (Wildman–Crippen MR) is 162 cm³/mol. The van der Waals surface area contributed by atoms with Crippen molar-refractivity contribution in [3.05, 3.63) is 103 Å². The van der Waals surface area contributed by atoms with Gasteiger partial charge in [-0.3, -0.25) is 9.78 Å². The molecule has 204 valence electrons. The van der Waals surface area contributed by atoms with E-state index < -0.39 is 0 Å². The largest absolute Gasteiger partial charge is 0.496 e. The summed E-state index contributed by atoms with van der Waals surface area (Å²) in [6.07, 6.45) is 3.64. The molecule has 0 bridgehead atoms. The summed E-state index contributed by atoms with van der Waals surface area (Å²) in [7, 11) is 7.18. The third kappa shape index (κ3) is 4.65. The number of halogens is 1. The molecule has 6 rings (SSSR count). The van der Waals surface area contributed by atoms with Crippen molar-refractivity contribution >= 4 is 33.3 Å². The molecule has 0 aliphatic rings. The van der Waals surface area contributed by atoms with Gasteiger partial charge in [0.05, 0.1) is 12.7 Å². The van der Waals surface area contributed by atoms with E-state index in [4.69, 9.17) is 9.15 Å². The van der Waals surface area contributed by atoms with Crippen LogP contribution in [0.5, 0.6) is 5.75 Å². The molecule has 7 heteroatoms. The zero-order chi connectivity index (χ0) is 28.7. The minimum absolute atomic E-state index is 0.285. The van der Waals surface area contributed by atoms with Crippen LogP contribution in [0.4, 0.5) is 10.1 Å². The van der Waals surface area contributed by atoms with E-state index in [1.165, 1.54) is 12.1 Å². The van der Waals surface area contributed by atoms with E-state index >= 15 is 0 Å². The van der Waals surface area contributed by atoms with E-state index in [1.54, 1.807) is 32.5 Å². The molecular formula is C34H28FN3O3. The number of fused-ring (bicyclic) bond motifs is 2. The number of carbonyl (C=O) groups excluding carboxylic acids is 1. The number of hydrogen-bond acceptors (Lipinski definition) is 5. The quantitative estimate of drug-likeness (QED) is 0.234. The first-order chi connectivity index (χ1) is 19.9. The van der Waals surface area contributed by atoms with Gasteiger partial charge >= 0.3 is 0 Å². The Morgan fingerprint density at radius 2 is 1.61 bits per heavy atom. The van der Waals surface area contributed by atoms with E-state index in [2.05, 4.69) is 34.6 Å². The average molecular weight is 546 g/mol. The van der Waals surface area contributed by atoms with Crippen LogP contribution in [0.1, 0.15) is 10.4 Å². The van der Waals surface area contributed by atoms with Crippen molar-refractivity contribution in [3.63, 3.8) is 0 Å². The summed E-state index contributed by atoms with van der Waals surface area (Å²) in [5.74, 6) is 0.493. The molecule has 6 nitrogen and oxygen atoms in total. The fourth-order valence-electron chi connectivity index (χ4n) is 5.24. The lowest BCUT2D eigenvalue weighted by molar-refractivity contribution is 0.0964. The van der Waals surface area contributed by atoms with Gasteiger partial charge in [0.15, 0.2) is 0 Å². The number of nitrogens with one attached hydrogen (secondary N) is 1. The maximum absolute atomic E-state index is 13.7. The molecule has 2 aromatic heterocycles. The molecule has 1 amide bonds. The van der Waals surface area contributed by atoms with Crippen molar-refractivity contribution in [1.82, 2.24) is 10.3 Å². The molecule has 0 radical (unpaired) electrons. The van der Waals surface area contributed by atoms with Crippen LogP contribution in [0.2, 0.25) is 0 Å². The Kier molecular flexibility index (Phi) is 6.63. The van der Waals surface area contributed by atoms with Gasteiger partial charge in [-0.25, -0.2) is 4.39 Å². The average Bonchev–Trinajstić information content (AvgIpc) is 3.38. The zero-order valence-corrected chi connectivity index (χ0v) is 23.2. The van der Waals surface area contributed by atoms with E-state index in [0.29, 0.717) is 27.9 Å². The maximum atomic E-state index is 13.7. The molecule has 0 saturated heterocycles. The molecule has 0 spiro atoms. The van der Waals surface area contributed by atoms with Gasteiger partial charge in [-0.15, -0.1) is 0 Å². The summed E-state index contributed by atoms with van der Waals surface area (Å²) in [6.45, 7) is 0. The first kappa shape index (κ1) is 26.1. The maximum Gasteiger partial charge on any atom is 0.255 e. The summed E-state index contributed by atoms with van der Waals surface area (Å²) in [6, 6.07) is 24.2. The van der Waals surface area contributed by atoms with E-state index in [-0.39, 0.29) is 11.7 Å². The van der Waals surface area contributed by atoms with E-state index in [1.807, 2.05) is 55.5 Å². The lowest BCUT2D eigenvalue weighted by atomic mass is 9.94. The number of aromatic nitrogens is 1. The summed E-state index contributed by atoms with van der Waals surface area (Å²) < 4.78 is 25.7. The zero-order valence-electron chi connectivity index (χ0n) is 23.2. The number of hydrogen-bond donors (Lipinski definition) is 1. The number of methoxy groups -OCH3 is 1. The van der Waals surface area contributed by atoms with Gasteiger partial charge in [0, 0.05) is 72.8 Å². The summed E-state index contributed by atoms with van der Waals surface area (Å²) in [5, 5.41) is 5.54. The van der Waals surface area contributed by atoms with Crippen molar-refractivity contribution in [3.8, 4) is 39.3 Å². The van der Waals surface area contributed by atoms with Gasteiger partial charge in [-0.1, -0.05) is 18.2 Å². The van der Waals surface area contributed by atoms with Crippen molar-refractivity contribution in [2.45, 2.75) is 0 Å². The Morgan fingerprint density at radius 1 is 0.878 bits per heavy atom. The number of carbonyl (C=O) groups is 1. The summed E-state index contributed by atoms with van der Waals surface area (Å²) in [4.78, 5) is 19.5. The molecule has 0 atom stereocenters. The molecule has 0 fully saturated rings.